The van der Waals surface area contributed by atoms with Crippen molar-refractivity contribution in [1.82, 2.24) is 15.0 Å². The average molecular weight is 350 g/mol. The minimum atomic E-state index is -0.481. The van der Waals surface area contributed by atoms with Crippen molar-refractivity contribution in [2.75, 3.05) is 12.4 Å². The number of esters is 1. The van der Waals surface area contributed by atoms with Gasteiger partial charge in [-0.25, -0.2) is 14.8 Å². The lowest BCUT2D eigenvalue weighted by molar-refractivity contribution is 0.0599. The van der Waals surface area contributed by atoms with E-state index in [1.165, 1.54) is 7.11 Å². The van der Waals surface area contributed by atoms with Crippen LogP contribution in [0.4, 0.5) is 5.69 Å². The number of rotatable bonds is 4. The fourth-order valence-electron chi connectivity index (χ4n) is 2.71. The molecule has 2 aromatic heterocycles. The molecule has 1 amide bonds. The highest BCUT2D eigenvalue weighted by Crippen LogP contribution is 2.20. The molecule has 0 atom stereocenters. The molecule has 7 heteroatoms. The molecule has 7 nitrogen and oxygen atoms in total. The van der Waals surface area contributed by atoms with Crippen molar-refractivity contribution < 1.29 is 14.3 Å². The van der Waals surface area contributed by atoms with Gasteiger partial charge in [0.05, 0.1) is 30.8 Å². The number of anilines is 1. The molecule has 1 aromatic carbocycles. The van der Waals surface area contributed by atoms with E-state index in [1.807, 2.05) is 30.3 Å². The van der Waals surface area contributed by atoms with Crippen LogP contribution in [0.15, 0.2) is 42.7 Å². The third-order valence-corrected chi connectivity index (χ3v) is 4.00. The van der Waals surface area contributed by atoms with Crippen LogP contribution in [0, 0.1) is 13.8 Å². The fourth-order valence-corrected chi connectivity index (χ4v) is 2.71. The molecule has 2 heterocycles. The number of amides is 1. The van der Waals surface area contributed by atoms with Gasteiger partial charge in [-0.2, -0.15) is 0 Å². The van der Waals surface area contributed by atoms with Crippen molar-refractivity contribution in [3.05, 3.63) is 65.2 Å². The van der Waals surface area contributed by atoms with Gasteiger partial charge in [0.1, 0.15) is 5.69 Å². The summed E-state index contributed by atoms with van der Waals surface area (Å²) in [6.45, 7) is 3.41. The van der Waals surface area contributed by atoms with Gasteiger partial charge in [0.25, 0.3) is 5.91 Å². The number of aryl methyl sites for hydroxylation is 1. The molecular formula is C19H18N4O3. The Kier molecular flexibility index (Phi) is 4.79. The van der Waals surface area contributed by atoms with Crippen LogP contribution in [0.1, 0.15) is 32.1 Å². The lowest BCUT2D eigenvalue weighted by atomic mass is 10.1. The first-order valence-electron chi connectivity index (χ1n) is 7.97. The lowest BCUT2D eigenvalue weighted by Gasteiger charge is -2.06. The number of ether oxygens (including phenoxy) is 1. The van der Waals surface area contributed by atoms with E-state index in [0.29, 0.717) is 34.0 Å². The van der Waals surface area contributed by atoms with E-state index in [-0.39, 0.29) is 5.91 Å². The van der Waals surface area contributed by atoms with Crippen molar-refractivity contribution in [3.63, 3.8) is 0 Å². The minimum Gasteiger partial charge on any atom is -0.465 e. The molecular weight excluding hydrogens is 332 g/mol. The van der Waals surface area contributed by atoms with Gasteiger partial charge >= 0.3 is 5.97 Å². The van der Waals surface area contributed by atoms with Crippen molar-refractivity contribution in [2.24, 2.45) is 0 Å². The molecule has 3 aromatic rings. The number of nitrogens with one attached hydrogen (secondary N) is 2. The maximum atomic E-state index is 12.5. The number of hydrogen-bond acceptors (Lipinski definition) is 5. The van der Waals surface area contributed by atoms with E-state index in [2.05, 4.69) is 20.3 Å². The van der Waals surface area contributed by atoms with Crippen LogP contribution in [0.2, 0.25) is 0 Å². The van der Waals surface area contributed by atoms with Gasteiger partial charge in [-0.15, -0.1) is 0 Å². The fraction of sp³-hybridized carbons (Fsp3) is 0.158. The Hall–Kier alpha value is -3.48. The molecule has 0 aliphatic heterocycles. The molecule has 0 radical (unpaired) electrons. The normalized spacial score (nSPS) is 10.4. The highest BCUT2D eigenvalue weighted by atomic mass is 16.5. The summed E-state index contributed by atoms with van der Waals surface area (Å²) in [4.78, 5) is 35.8. The summed E-state index contributed by atoms with van der Waals surface area (Å²) in [6.07, 6.45) is 3.08. The molecule has 0 saturated carbocycles. The molecule has 132 valence electrons. The standard InChI is InChI=1S/C19H18N4O3/c1-11-15(19(25)26-3)12(2)22-16(11)18(24)23-14-9-20-17(21-10-14)13-7-5-4-6-8-13/h4-10,22H,1-3H3,(H,23,24). The predicted molar refractivity (Wildman–Crippen MR) is 97.0 cm³/mol. The molecule has 0 unspecified atom stereocenters. The molecule has 0 saturated heterocycles. The number of methoxy groups -OCH3 is 1. The number of hydrogen-bond donors (Lipinski definition) is 2. The van der Waals surface area contributed by atoms with Crippen molar-refractivity contribution in [3.8, 4) is 11.4 Å². The number of aromatic nitrogens is 3. The summed E-state index contributed by atoms with van der Waals surface area (Å²) in [6, 6.07) is 9.55. The summed E-state index contributed by atoms with van der Waals surface area (Å²) < 4.78 is 4.75. The molecule has 3 rings (SSSR count). The van der Waals surface area contributed by atoms with Gasteiger partial charge in [-0.05, 0) is 19.4 Å². The first kappa shape index (κ1) is 17.3. The van der Waals surface area contributed by atoms with E-state index >= 15 is 0 Å². The Bertz CT molecular complexity index is 947. The number of H-pyrrole nitrogens is 1. The predicted octanol–water partition coefficient (Wildman–Crippen LogP) is 3.13. The van der Waals surface area contributed by atoms with Crippen molar-refractivity contribution in [1.29, 1.82) is 0 Å². The monoisotopic (exact) mass is 350 g/mol. The van der Waals surface area contributed by atoms with Gasteiger partial charge in [0.15, 0.2) is 5.82 Å². The van der Waals surface area contributed by atoms with Crippen molar-refractivity contribution >= 4 is 17.6 Å². The van der Waals surface area contributed by atoms with Crippen LogP contribution in [-0.4, -0.2) is 33.9 Å². The second kappa shape index (κ2) is 7.18. The number of aromatic amines is 1. The van der Waals surface area contributed by atoms with Gasteiger partial charge in [0.2, 0.25) is 0 Å². The van der Waals surface area contributed by atoms with E-state index in [1.54, 1.807) is 26.2 Å². The summed E-state index contributed by atoms with van der Waals surface area (Å²) >= 11 is 0. The average Bonchev–Trinajstić information content (AvgIpc) is 2.97. The highest BCUT2D eigenvalue weighted by molar-refractivity contribution is 6.06. The number of nitrogens with zero attached hydrogens (tertiary/aromatic N) is 2. The zero-order valence-electron chi connectivity index (χ0n) is 14.7. The lowest BCUT2D eigenvalue weighted by Crippen LogP contribution is -2.14. The van der Waals surface area contributed by atoms with Crippen LogP contribution < -0.4 is 5.32 Å². The highest BCUT2D eigenvalue weighted by Gasteiger charge is 2.22. The Morgan fingerprint density at radius 2 is 1.73 bits per heavy atom. The van der Waals surface area contributed by atoms with E-state index in [0.717, 1.165) is 5.56 Å². The number of benzene rings is 1. The molecule has 0 aliphatic rings. The van der Waals surface area contributed by atoms with E-state index < -0.39 is 5.97 Å². The molecule has 2 N–H and O–H groups in total. The summed E-state index contributed by atoms with van der Waals surface area (Å²) in [7, 11) is 1.31. The minimum absolute atomic E-state index is 0.301. The molecule has 0 bridgehead atoms. The molecule has 26 heavy (non-hydrogen) atoms. The van der Waals surface area contributed by atoms with Crippen LogP contribution >= 0.6 is 0 Å². The van der Waals surface area contributed by atoms with E-state index in [4.69, 9.17) is 4.74 Å². The quantitative estimate of drug-likeness (QED) is 0.705. The van der Waals surface area contributed by atoms with Crippen LogP contribution in [0.5, 0.6) is 0 Å². The summed E-state index contributed by atoms with van der Waals surface area (Å²) in [5, 5.41) is 2.73. The van der Waals surface area contributed by atoms with Gasteiger partial charge < -0.3 is 15.0 Å². The third-order valence-electron chi connectivity index (χ3n) is 4.00. The largest absolute Gasteiger partial charge is 0.465 e. The molecule has 0 spiro atoms. The maximum absolute atomic E-state index is 12.5. The second-order valence-corrected chi connectivity index (χ2v) is 5.73. The smallest absolute Gasteiger partial charge is 0.339 e. The maximum Gasteiger partial charge on any atom is 0.339 e. The molecule has 0 fully saturated rings. The van der Waals surface area contributed by atoms with Crippen LogP contribution in [0.25, 0.3) is 11.4 Å². The summed E-state index contributed by atoms with van der Waals surface area (Å²) in [5.74, 6) is -0.286. The van der Waals surface area contributed by atoms with Gasteiger partial charge in [-0.1, -0.05) is 30.3 Å². The Labute approximate surface area is 150 Å². The topological polar surface area (TPSA) is 97.0 Å². The number of carbonyl (C=O) groups excluding carboxylic acids is 2. The van der Waals surface area contributed by atoms with Gasteiger partial charge in [-0.3, -0.25) is 4.79 Å². The van der Waals surface area contributed by atoms with E-state index in [9.17, 15) is 9.59 Å². The van der Waals surface area contributed by atoms with Gasteiger partial charge in [0, 0.05) is 11.3 Å². The second-order valence-electron chi connectivity index (χ2n) is 5.73. The summed E-state index contributed by atoms with van der Waals surface area (Å²) in [5.41, 5.74) is 3.14. The Morgan fingerprint density at radius 1 is 1.08 bits per heavy atom. The van der Waals surface area contributed by atoms with Crippen molar-refractivity contribution in [2.45, 2.75) is 13.8 Å². The number of carbonyl (C=O) groups is 2. The van der Waals surface area contributed by atoms with Crippen LogP contribution in [0.3, 0.4) is 0 Å². The SMILES string of the molecule is COC(=O)c1c(C)[nH]c(C(=O)Nc2cnc(-c3ccccc3)nc2)c1C. The zero-order valence-corrected chi connectivity index (χ0v) is 14.7. The van der Waals surface area contributed by atoms with Crippen LogP contribution in [-0.2, 0) is 4.74 Å². The first-order valence-corrected chi connectivity index (χ1v) is 7.97. The zero-order chi connectivity index (χ0) is 18.7. The third kappa shape index (κ3) is 3.32. The Balaban J connectivity index is 1.79. The first-order chi connectivity index (χ1) is 12.5. The molecule has 0 aliphatic carbocycles. The Morgan fingerprint density at radius 3 is 2.35 bits per heavy atom.